The number of fused-ring (bicyclic) bond motifs is 1. The van der Waals surface area contributed by atoms with E-state index in [0.717, 1.165) is 31.8 Å². The highest BCUT2D eigenvalue weighted by molar-refractivity contribution is 5.40. The van der Waals surface area contributed by atoms with Gasteiger partial charge in [0.2, 0.25) is 0 Å². The molecule has 1 N–H and O–H groups in total. The quantitative estimate of drug-likeness (QED) is 0.767. The number of benzene rings is 1. The lowest BCUT2D eigenvalue weighted by atomic mass is 10.1. The highest BCUT2D eigenvalue weighted by atomic mass is 16.5. The molecule has 3 heteroatoms. The maximum Gasteiger partial charge on any atom is 0.119 e. The van der Waals surface area contributed by atoms with Crippen molar-refractivity contribution in [1.29, 1.82) is 0 Å². The second-order valence-corrected chi connectivity index (χ2v) is 4.44. The highest BCUT2D eigenvalue weighted by Crippen LogP contribution is 2.33. The Morgan fingerprint density at radius 1 is 1.35 bits per heavy atom. The van der Waals surface area contributed by atoms with Crippen molar-refractivity contribution in [2.45, 2.75) is 25.3 Å². The Kier molecular flexibility index (Phi) is 4.40. The van der Waals surface area contributed by atoms with Crippen LogP contribution in [0.25, 0.3) is 0 Å². The lowest BCUT2D eigenvalue weighted by Crippen LogP contribution is -2.12. The molecule has 0 bridgehead atoms. The summed E-state index contributed by atoms with van der Waals surface area (Å²) < 4.78 is 10.7. The van der Waals surface area contributed by atoms with E-state index in [4.69, 9.17) is 9.47 Å². The minimum Gasteiger partial charge on any atom is -0.493 e. The molecule has 1 aromatic carbocycles. The van der Waals surface area contributed by atoms with Crippen molar-refractivity contribution in [3.05, 3.63) is 29.3 Å². The van der Waals surface area contributed by atoms with Crippen molar-refractivity contribution >= 4 is 0 Å². The number of rotatable bonds is 6. The molecule has 0 saturated carbocycles. The number of ether oxygens (including phenoxy) is 2. The summed E-state index contributed by atoms with van der Waals surface area (Å²) in [5.41, 5.74) is 2.85. The molecule has 0 aromatic heterocycles. The molecule has 1 atom stereocenters. The molecule has 0 saturated heterocycles. The standard InChI is InChI=1S/C14H21NO2/c1-15-14-7-4-11-10-12(5-6-13(11)14)17-9-3-8-16-2/h5-6,10,14-15H,3-4,7-9H2,1-2H3. The minimum absolute atomic E-state index is 0.521. The molecule has 0 amide bonds. The summed E-state index contributed by atoms with van der Waals surface area (Å²) in [6.07, 6.45) is 3.28. The molecule has 1 unspecified atom stereocenters. The Morgan fingerprint density at radius 2 is 2.24 bits per heavy atom. The van der Waals surface area contributed by atoms with E-state index in [9.17, 15) is 0 Å². The molecule has 0 aliphatic heterocycles. The monoisotopic (exact) mass is 235 g/mol. The van der Waals surface area contributed by atoms with E-state index < -0.39 is 0 Å². The van der Waals surface area contributed by atoms with Crippen LogP contribution in [0, 0.1) is 0 Å². The van der Waals surface area contributed by atoms with Crippen LogP contribution in [0.5, 0.6) is 5.75 Å². The Bertz CT molecular complexity index is 365. The molecule has 17 heavy (non-hydrogen) atoms. The van der Waals surface area contributed by atoms with E-state index in [2.05, 4.69) is 23.5 Å². The normalized spacial score (nSPS) is 18.1. The van der Waals surface area contributed by atoms with Crippen molar-refractivity contribution in [2.24, 2.45) is 0 Å². The van der Waals surface area contributed by atoms with Gasteiger partial charge in [0.15, 0.2) is 0 Å². The van der Waals surface area contributed by atoms with Crippen LogP contribution in [0.15, 0.2) is 18.2 Å². The van der Waals surface area contributed by atoms with Crippen LogP contribution in [-0.4, -0.2) is 27.4 Å². The first kappa shape index (κ1) is 12.4. The zero-order valence-corrected chi connectivity index (χ0v) is 10.7. The van der Waals surface area contributed by atoms with E-state index in [1.54, 1.807) is 7.11 Å². The predicted molar refractivity (Wildman–Crippen MR) is 68.6 cm³/mol. The van der Waals surface area contributed by atoms with E-state index in [0.29, 0.717) is 6.04 Å². The van der Waals surface area contributed by atoms with Crippen molar-refractivity contribution in [1.82, 2.24) is 5.32 Å². The van der Waals surface area contributed by atoms with Gasteiger partial charge in [0.05, 0.1) is 6.61 Å². The largest absolute Gasteiger partial charge is 0.493 e. The SMILES string of the molecule is CNC1CCc2cc(OCCCOC)ccc21. The molecule has 0 spiro atoms. The first-order chi connectivity index (χ1) is 8.35. The maximum absolute atomic E-state index is 5.70. The molecular formula is C14H21NO2. The average Bonchev–Trinajstić information content (AvgIpc) is 2.77. The van der Waals surface area contributed by atoms with Gasteiger partial charge in [-0.3, -0.25) is 0 Å². The number of nitrogens with one attached hydrogen (secondary N) is 1. The molecule has 0 radical (unpaired) electrons. The lowest BCUT2D eigenvalue weighted by molar-refractivity contribution is 0.172. The fourth-order valence-corrected chi connectivity index (χ4v) is 2.38. The van der Waals surface area contributed by atoms with Crippen LogP contribution >= 0.6 is 0 Å². The molecule has 0 fully saturated rings. The average molecular weight is 235 g/mol. The van der Waals surface area contributed by atoms with Gasteiger partial charge in [0, 0.05) is 26.2 Å². The van der Waals surface area contributed by atoms with Gasteiger partial charge in [0.25, 0.3) is 0 Å². The molecule has 0 heterocycles. The highest BCUT2D eigenvalue weighted by Gasteiger charge is 2.20. The topological polar surface area (TPSA) is 30.5 Å². The number of aryl methyl sites for hydroxylation is 1. The lowest BCUT2D eigenvalue weighted by Gasteiger charge is -2.11. The summed E-state index contributed by atoms with van der Waals surface area (Å²) in [6.45, 7) is 1.48. The maximum atomic E-state index is 5.70. The van der Waals surface area contributed by atoms with Crippen LogP contribution in [0.1, 0.15) is 30.0 Å². The summed E-state index contributed by atoms with van der Waals surface area (Å²) in [6, 6.07) is 6.96. The summed E-state index contributed by atoms with van der Waals surface area (Å²) in [5, 5.41) is 3.34. The van der Waals surface area contributed by atoms with Crippen molar-refractivity contribution < 1.29 is 9.47 Å². The van der Waals surface area contributed by atoms with Crippen LogP contribution in [0.3, 0.4) is 0 Å². The molecule has 1 aliphatic carbocycles. The van der Waals surface area contributed by atoms with E-state index in [1.807, 2.05) is 7.05 Å². The number of hydrogen-bond acceptors (Lipinski definition) is 3. The summed E-state index contributed by atoms with van der Waals surface area (Å²) in [4.78, 5) is 0. The van der Waals surface area contributed by atoms with Crippen LogP contribution < -0.4 is 10.1 Å². The summed E-state index contributed by atoms with van der Waals surface area (Å²) in [5.74, 6) is 0.983. The first-order valence-corrected chi connectivity index (χ1v) is 6.27. The van der Waals surface area contributed by atoms with Gasteiger partial charge in [-0.05, 0) is 43.1 Å². The molecule has 94 valence electrons. The smallest absolute Gasteiger partial charge is 0.119 e. The van der Waals surface area contributed by atoms with Gasteiger partial charge < -0.3 is 14.8 Å². The van der Waals surface area contributed by atoms with Gasteiger partial charge >= 0.3 is 0 Å². The van der Waals surface area contributed by atoms with Crippen molar-refractivity contribution in [3.63, 3.8) is 0 Å². The summed E-state index contributed by atoms with van der Waals surface area (Å²) in [7, 11) is 3.74. The second-order valence-electron chi connectivity index (χ2n) is 4.44. The zero-order valence-electron chi connectivity index (χ0n) is 10.7. The Morgan fingerprint density at radius 3 is 3.00 bits per heavy atom. The Hall–Kier alpha value is -1.06. The van der Waals surface area contributed by atoms with Crippen LogP contribution in [0.2, 0.25) is 0 Å². The Labute approximate surface area is 103 Å². The van der Waals surface area contributed by atoms with Gasteiger partial charge in [0.1, 0.15) is 5.75 Å². The molecule has 2 rings (SSSR count). The van der Waals surface area contributed by atoms with Crippen LogP contribution in [0.4, 0.5) is 0 Å². The third kappa shape index (κ3) is 2.99. The molecule has 1 aromatic rings. The van der Waals surface area contributed by atoms with Crippen LogP contribution in [-0.2, 0) is 11.2 Å². The molecule has 3 nitrogen and oxygen atoms in total. The number of methoxy groups -OCH3 is 1. The van der Waals surface area contributed by atoms with Crippen molar-refractivity contribution in [2.75, 3.05) is 27.4 Å². The molecule has 1 aliphatic rings. The Balaban J connectivity index is 1.93. The van der Waals surface area contributed by atoms with Gasteiger partial charge in [-0.2, -0.15) is 0 Å². The summed E-state index contributed by atoms with van der Waals surface area (Å²) >= 11 is 0. The third-order valence-corrected chi connectivity index (χ3v) is 3.30. The second kappa shape index (κ2) is 6.03. The van der Waals surface area contributed by atoms with Crippen molar-refractivity contribution in [3.8, 4) is 5.75 Å². The van der Waals surface area contributed by atoms with Gasteiger partial charge in [-0.1, -0.05) is 6.07 Å². The first-order valence-electron chi connectivity index (χ1n) is 6.27. The zero-order chi connectivity index (χ0) is 12.1. The molecular weight excluding hydrogens is 214 g/mol. The fraction of sp³-hybridized carbons (Fsp3) is 0.571. The van der Waals surface area contributed by atoms with Gasteiger partial charge in [-0.25, -0.2) is 0 Å². The van der Waals surface area contributed by atoms with E-state index in [1.165, 1.54) is 17.5 Å². The van der Waals surface area contributed by atoms with E-state index in [-0.39, 0.29) is 0 Å². The fourth-order valence-electron chi connectivity index (χ4n) is 2.38. The van der Waals surface area contributed by atoms with E-state index >= 15 is 0 Å². The number of hydrogen-bond donors (Lipinski definition) is 1. The third-order valence-electron chi connectivity index (χ3n) is 3.30. The predicted octanol–water partition coefficient (Wildman–Crippen LogP) is 2.31. The van der Waals surface area contributed by atoms with Gasteiger partial charge in [-0.15, -0.1) is 0 Å². The minimum atomic E-state index is 0.521.